The molecule has 4 nitrogen and oxygen atoms in total. The highest BCUT2D eigenvalue weighted by Gasteiger charge is 2.18. The van der Waals surface area contributed by atoms with E-state index in [0.717, 1.165) is 16.9 Å². The molecule has 0 saturated heterocycles. The van der Waals surface area contributed by atoms with Gasteiger partial charge in [-0.15, -0.1) is 0 Å². The van der Waals surface area contributed by atoms with E-state index in [-0.39, 0.29) is 0 Å². The predicted octanol–water partition coefficient (Wildman–Crippen LogP) is 4.70. The number of aryl methyl sites for hydroxylation is 1. The fourth-order valence-electron chi connectivity index (χ4n) is 2.82. The van der Waals surface area contributed by atoms with Gasteiger partial charge in [0.2, 0.25) is 0 Å². The van der Waals surface area contributed by atoms with E-state index in [1.54, 1.807) is 6.92 Å². The minimum Gasteiger partial charge on any atom is -0.393 e. The molecule has 0 amide bonds. The quantitative estimate of drug-likeness (QED) is 0.661. The lowest BCUT2D eigenvalue weighted by molar-refractivity contribution is 0.120. The number of hydrogen-bond acceptors (Lipinski definition) is 3. The molecule has 136 valence electrons. The van der Waals surface area contributed by atoms with Gasteiger partial charge in [-0.1, -0.05) is 41.4 Å². The van der Waals surface area contributed by atoms with Crippen molar-refractivity contribution in [2.45, 2.75) is 38.9 Å². The molecule has 2 unspecified atom stereocenters. The molecule has 2 N–H and O–H groups in total. The van der Waals surface area contributed by atoms with Crippen LogP contribution in [0.2, 0.25) is 5.02 Å². The second-order valence-corrected chi connectivity index (χ2v) is 7.09. The molecule has 0 aliphatic carbocycles. The molecule has 0 saturated carbocycles. The van der Waals surface area contributed by atoms with Gasteiger partial charge in [-0.2, -0.15) is 5.10 Å². The van der Waals surface area contributed by atoms with Crippen molar-refractivity contribution in [2.75, 3.05) is 0 Å². The van der Waals surface area contributed by atoms with Crippen LogP contribution in [0.1, 0.15) is 37.1 Å². The largest absolute Gasteiger partial charge is 0.393 e. The first kappa shape index (κ1) is 18.6. The Morgan fingerprint density at radius 3 is 2.27 bits per heavy atom. The highest BCUT2D eigenvalue weighted by Crippen LogP contribution is 2.28. The molecule has 3 aromatic rings. The number of halogens is 1. The summed E-state index contributed by atoms with van der Waals surface area (Å²) in [5, 5.41) is 25.2. The predicted molar refractivity (Wildman–Crippen MR) is 105 cm³/mol. The zero-order valence-corrected chi connectivity index (χ0v) is 15.7. The molecule has 1 aromatic heterocycles. The minimum absolute atomic E-state index is 0.445. The summed E-state index contributed by atoms with van der Waals surface area (Å²) in [6.07, 6.45) is -0.181. The van der Waals surface area contributed by atoms with Crippen molar-refractivity contribution in [2.24, 2.45) is 0 Å². The Morgan fingerprint density at radius 2 is 1.65 bits per heavy atom. The molecular formula is C21H23ClN2O2. The van der Waals surface area contributed by atoms with Crippen LogP contribution in [0.15, 0.2) is 54.6 Å². The van der Waals surface area contributed by atoms with Crippen LogP contribution in [0.4, 0.5) is 0 Å². The van der Waals surface area contributed by atoms with Gasteiger partial charge in [0.1, 0.15) is 0 Å². The fourth-order valence-corrected chi connectivity index (χ4v) is 2.94. The van der Waals surface area contributed by atoms with E-state index in [0.29, 0.717) is 23.6 Å². The molecular weight excluding hydrogens is 348 g/mol. The Bertz CT molecular complexity index is 792. The average molecular weight is 371 g/mol. The standard InChI is InChI=1S/C21H23ClN2O2/c1-14-3-6-16(7-4-14)20-13-19(21(26)12-5-15(2)25)23-24(20)18-10-8-17(22)9-11-18/h3-4,6-11,13,15,21,25-26H,5,12H2,1-2H3. The summed E-state index contributed by atoms with van der Waals surface area (Å²) in [6.45, 7) is 3.77. The number of aromatic nitrogens is 2. The topological polar surface area (TPSA) is 58.3 Å². The smallest absolute Gasteiger partial charge is 0.0979 e. The van der Waals surface area contributed by atoms with Gasteiger partial charge in [0.25, 0.3) is 0 Å². The first-order valence-electron chi connectivity index (χ1n) is 8.73. The van der Waals surface area contributed by atoms with Gasteiger partial charge in [-0.25, -0.2) is 4.68 Å². The molecule has 0 bridgehead atoms. The maximum absolute atomic E-state index is 10.5. The van der Waals surface area contributed by atoms with Crippen LogP contribution in [0, 0.1) is 6.92 Å². The maximum atomic E-state index is 10.5. The zero-order chi connectivity index (χ0) is 18.7. The van der Waals surface area contributed by atoms with Crippen LogP contribution >= 0.6 is 11.6 Å². The SMILES string of the molecule is Cc1ccc(-c2cc(C(O)CCC(C)O)nn2-c2ccc(Cl)cc2)cc1. The van der Waals surface area contributed by atoms with Gasteiger partial charge in [-0.3, -0.25) is 0 Å². The van der Waals surface area contributed by atoms with Crippen LogP contribution < -0.4 is 0 Å². The number of aliphatic hydroxyl groups excluding tert-OH is 2. The van der Waals surface area contributed by atoms with E-state index >= 15 is 0 Å². The van der Waals surface area contributed by atoms with Crippen LogP contribution in [-0.4, -0.2) is 26.1 Å². The van der Waals surface area contributed by atoms with Gasteiger partial charge >= 0.3 is 0 Å². The van der Waals surface area contributed by atoms with Gasteiger partial charge in [-0.05, 0) is 57.0 Å². The molecule has 5 heteroatoms. The van der Waals surface area contributed by atoms with Crippen molar-refractivity contribution in [3.8, 4) is 16.9 Å². The zero-order valence-electron chi connectivity index (χ0n) is 14.9. The highest BCUT2D eigenvalue weighted by molar-refractivity contribution is 6.30. The molecule has 0 aliphatic rings. The highest BCUT2D eigenvalue weighted by atomic mass is 35.5. The van der Waals surface area contributed by atoms with E-state index in [1.807, 2.05) is 54.1 Å². The summed E-state index contributed by atoms with van der Waals surface area (Å²) in [6, 6.07) is 17.6. The Labute approximate surface area is 158 Å². The summed E-state index contributed by atoms with van der Waals surface area (Å²) in [7, 11) is 0. The molecule has 3 rings (SSSR count). The lowest BCUT2D eigenvalue weighted by atomic mass is 10.1. The Kier molecular flexibility index (Phi) is 5.77. The first-order chi connectivity index (χ1) is 12.4. The van der Waals surface area contributed by atoms with Crippen LogP contribution in [-0.2, 0) is 0 Å². The first-order valence-corrected chi connectivity index (χ1v) is 9.11. The van der Waals surface area contributed by atoms with Crippen LogP contribution in [0.25, 0.3) is 16.9 Å². The molecule has 0 spiro atoms. The van der Waals surface area contributed by atoms with E-state index in [1.165, 1.54) is 5.56 Å². The number of hydrogen-bond donors (Lipinski definition) is 2. The third kappa shape index (κ3) is 4.33. The van der Waals surface area contributed by atoms with E-state index in [2.05, 4.69) is 17.2 Å². The van der Waals surface area contributed by atoms with Crippen LogP contribution in [0.3, 0.4) is 0 Å². The number of aliphatic hydroxyl groups is 2. The second kappa shape index (κ2) is 8.04. The number of benzene rings is 2. The van der Waals surface area contributed by atoms with Crippen molar-refractivity contribution in [3.63, 3.8) is 0 Å². The third-order valence-electron chi connectivity index (χ3n) is 4.35. The number of nitrogens with zero attached hydrogens (tertiary/aromatic N) is 2. The summed E-state index contributed by atoms with van der Waals surface area (Å²) >= 11 is 6.01. The Balaban J connectivity index is 2.02. The summed E-state index contributed by atoms with van der Waals surface area (Å²) in [4.78, 5) is 0. The van der Waals surface area contributed by atoms with Crippen molar-refractivity contribution in [3.05, 3.63) is 70.9 Å². The van der Waals surface area contributed by atoms with Crippen molar-refractivity contribution >= 4 is 11.6 Å². The Morgan fingerprint density at radius 1 is 1.00 bits per heavy atom. The molecule has 1 heterocycles. The van der Waals surface area contributed by atoms with Gasteiger partial charge < -0.3 is 10.2 Å². The van der Waals surface area contributed by atoms with Crippen molar-refractivity contribution < 1.29 is 10.2 Å². The van der Waals surface area contributed by atoms with Crippen molar-refractivity contribution in [1.82, 2.24) is 9.78 Å². The van der Waals surface area contributed by atoms with E-state index in [9.17, 15) is 10.2 Å². The second-order valence-electron chi connectivity index (χ2n) is 6.65. The molecule has 0 radical (unpaired) electrons. The molecule has 26 heavy (non-hydrogen) atoms. The van der Waals surface area contributed by atoms with Gasteiger partial charge in [0.05, 0.1) is 29.3 Å². The van der Waals surface area contributed by atoms with E-state index in [4.69, 9.17) is 11.6 Å². The normalized spacial score (nSPS) is 13.6. The lowest BCUT2D eigenvalue weighted by Crippen LogP contribution is -2.06. The van der Waals surface area contributed by atoms with Gasteiger partial charge in [0.15, 0.2) is 0 Å². The Hall–Kier alpha value is -2.14. The van der Waals surface area contributed by atoms with E-state index < -0.39 is 12.2 Å². The summed E-state index contributed by atoms with van der Waals surface area (Å²) in [5.74, 6) is 0. The molecule has 0 fully saturated rings. The molecule has 0 aliphatic heterocycles. The van der Waals surface area contributed by atoms with Crippen LogP contribution in [0.5, 0.6) is 0 Å². The lowest BCUT2D eigenvalue weighted by Gasteiger charge is -2.09. The molecule has 2 aromatic carbocycles. The van der Waals surface area contributed by atoms with Crippen molar-refractivity contribution in [1.29, 1.82) is 0 Å². The summed E-state index contributed by atoms with van der Waals surface area (Å²) in [5.41, 5.74) is 4.57. The fraction of sp³-hybridized carbons (Fsp3) is 0.286. The van der Waals surface area contributed by atoms with Gasteiger partial charge in [0, 0.05) is 10.6 Å². The molecule has 2 atom stereocenters. The third-order valence-corrected chi connectivity index (χ3v) is 4.60. The monoisotopic (exact) mass is 370 g/mol. The average Bonchev–Trinajstić information content (AvgIpc) is 3.06. The minimum atomic E-state index is -0.720. The number of rotatable bonds is 6. The maximum Gasteiger partial charge on any atom is 0.0979 e. The summed E-state index contributed by atoms with van der Waals surface area (Å²) < 4.78 is 1.82.